The second-order valence-electron chi connectivity index (χ2n) is 4.88. The molecule has 124 valence electrons. The van der Waals surface area contributed by atoms with E-state index in [1.165, 1.54) is 6.07 Å². The number of nitrogens with one attached hydrogen (secondary N) is 1. The van der Waals surface area contributed by atoms with Crippen molar-refractivity contribution in [2.45, 2.75) is 17.9 Å². The lowest BCUT2D eigenvalue weighted by atomic mass is 10.1. The van der Waals surface area contributed by atoms with E-state index in [2.05, 4.69) is 4.72 Å². The van der Waals surface area contributed by atoms with Gasteiger partial charge in [0.1, 0.15) is 11.5 Å². The average Bonchev–Trinajstić information content (AvgIpc) is 2.54. The summed E-state index contributed by atoms with van der Waals surface area (Å²) in [7, 11) is -0.535. The van der Waals surface area contributed by atoms with Crippen LogP contribution in [0.3, 0.4) is 0 Å². The fraction of sp³-hybridized carbons (Fsp3) is 0.250. The van der Waals surface area contributed by atoms with Crippen molar-refractivity contribution in [3.05, 3.63) is 51.6 Å². The van der Waals surface area contributed by atoms with Gasteiger partial charge >= 0.3 is 0 Å². The largest absolute Gasteiger partial charge is 0.496 e. The Hall–Kier alpha value is -1.32. The van der Waals surface area contributed by atoms with Crippen LogP contribution in [-0.2, 0) is 10.0 Å². The first kappa shape index (κ1) is 18.0. The topological polar surface area (TPSA) is 64.6 Å². The number of benzene rings is 2. The van der Waals surface area contributed by atoms with Gasteiger partial charge in [-0.15, -0.1) is 0 Å². The van der Waals surface area contributed by atoms with Gasteiger partial charge in [0, 0.05) is 11.6 Å². The van der Waals surface area contributed by atoms with Crippen molar-refractivity contribution in [3.63, 3.8) is 0 Å². The molecule has 7 heteroatoms. The van der Waals surface area contributed by atoms with E-state index in [4.69, 9.17) is 9.47 Å². The van der Waals surface area contributed by atoms with Gasteiger partial charge < -0.3 is 9.47 Å². The Morgan fingerprint density at radius 3 is 2.30 bits per heavy atom. The van der Waals surface area contributed by atoms with E-state index in [-0.39, 0.29) is 4.90 Å². The molecule has 0 heterocycles. The number of sulfonamides is 1. The maximum absolute atomic E-state index is 12.6. The number of halogens is 1. The standard InChI is InChI=1S/C16H18INO4S/c1-11(13-6-4-5-7-15(13)21-2)18-23(19,20)12-8-9-16(22-3)14(17)10-12/h4-11,18H,1-3H3/t11-/m0/s1. The first-order chi connectivity index (χ1) is 10.9. The number of hydrogen-bond acceptors (Lipinski definition) is 4. The highest BCUT2D eigenvalue weighted by molar-refractivity contribution is 14.1. The lowest BCUT2D eigenvalue weighted by Gasteiger charge is -2.17. The summed E-state index contributed by atoms with van der Waals surface area (Å²) in [5.41, 5.74) is 0.779. The molecule has 0 unspecified atom stereocenters. The third-order valence-electron chi connectivity index (χ3n) is 3.37. The van der Waals surface area contributed by atoms with Crippen LogP contribution in [0.15, 0.2) is 47.4 Å². The molecule has 2 rings (SSSR count). The molecule has 0 aliphatic heterocycles. The average molecular weight is 447 g/mol. The summed E-state index contributed by atoms with van der Waals surface area (Å²) >= 11 is 2.05. The Balaban J connectivity index is 2.29. The summed E-state index contributed by atoms with van der Waals surface area (Å²) in [5, 5.41) is 0. The Labute approximate surface area is 150 Å². The zero-order chi connectivity index (χ0) is 17.0. The van der Waals surface area contributed by atoms with Gasteiger partial charge in [0.05, 0.1) is 22.7 Å². The Kier molecular flexibility index (Phi) is 5.88. The minimum atomic E-state index is -3.65. The number of para-hydroxylation sites is 1. The zero-order valence-corrected chi connectivity index (χ0v) is 16.0. The van der Waals surface area contributed by atoms with Crippen LogP contribution < -0.4 is 14.2 Å². The zero-order valence-electron chi connectivity index (χ0n) is 13.0. The minimum absolute atomic E-state index is 0.199. The van der Waals surface area contributed by atoms with E-state index in [0.29, 0.717) is 11.5 Å². The molecule has 0 saturated carbocycles. The molecular formula is C16H18INO4S. The van der Waals surface area contributed by atoms with Gasteiger partial charge in [-0.2, -0.15) is 0 Å². The van der Waals surface area contributed by atoms with Crippen molar-refractivity contribution < 1.29 is 17.9 Å². The first-order valence-electron chi connectivity index (χ1n) is 6.88. The second kappa shape index (κ2) is 7.50. The van der Waals surface area contributed by atoms with Crippen LogP contribution in [-0.4, -0.2) is 22.6 Å². The molecular weight excluding hydrogens is 429 g/mol. The summed E-state index contributed by atoms with van der Waals surface area (Å²) < 4.78 is 39.0. The van der Waals surface area contributed by atoms with Gasteiger partial charge in [0.2, 0.25) is 10.0 Å². The highest BCUT2D eigenvalue weighted by Gasteiger charge is 2.21. The van der Waals surface area contributed by atoms with Gasteiger partial charge in [-0.1, -0.05) is 18.2 Å². The van der Waals surface area contributed by atoms with Crippen molar-refractivity contribution in [1.82, 2.24) is 4.72 Å². The molecule has 2 aromatic carbocycles. The summed E-state index contributed by atoms with van der Waals surface area (Å²) in [6.07, 6.45) is 0. The number of ether oxygens (including phenoxy) is 2. The van der Waals surface area contributed by atoms with Gasteiger partial charge in [-0.05, 0) is 53.8 Å². The van der Waals surface area contributed by atoms with E-state index in [0.717, 1.165) is 9.13 Å². The fourth-order valence-corrected chi connectivity index (χ4v) is 4.40. The highest BCUT2D eigenvalue weighted by Crippen LogP contribution is 2.27. The van der Waals surface area contributed by atoms with Crippen LogP contribution in [0.5, 0.6) is 11.5 Å². The van der Waals surface area contributed by atoms with Crippen molar-refractivity contribution in [1.29, 1.82) is 0 Å². The smallest absolute Gasteiger partial charge is 0.241 e. The van der Waals surface area contributed by atoms with Crippen LogP contribution in [0.2, 0.25) is 0 Å². The SMILES string of the molecule is COc1ccc(S(=O)(=O)N[C@@H](C)c2ccccc2OC)cc1I. The monoisotopic (exact) mass is 447 g/mol. The molecule has 0 amide bonds. The second-order valence-corrected chi connectivity index (χ2v) is 7.76. The Morgan fingerprint density at radius 2 is 1.70 bits per heavy atom. The molecule has 0 saturated heterocycles. The van der Waals surface area contributed by atoms with Crippen molar-refractivity contribution in [2.24, 2.45) is 0 Å². The van der Waals surface area contributed by atoms with Gasteiger partial charge in [0.25, 0.3) is 0 Å². The number of methoxy groups -OCH3 is 2. The van der Waals surface area contributed by atoms with Gasteiger partial charge in [0.15, 0.2) is 0 Å². The maximum Gasteiger partial charge on any atom is 0.241 e. The lowest BCUT2D eigenvalue weighted by molar-refractivity contribution is 0.405. The van der Waals surface area contributed by atoms with Crippen LogP contribution in [0.4, 0.5) is 0 Å². The molecule has 0 aliphatic rings. The van der Waals surface area contributed by atoms with Gasteiger partial charge in [-0.3, -0.25) is 0 Å². The van der Waals surface area contributed by atoms with Crippen molar-refractivity contribution in [2.75, 3.05) is 14.2 Å². The quantitative estimate of drug-likeness (QED) is 0.691. The summed E-state index contributed by atoms with van der Waals surface area (Å²) in [5.74, 6) is 1.29. The minimum Gasteiger partial charge on any atom is -0.496 e. The molecule has 23 heavy (non-hydrogen) atoms. The van der Waals surface area contributed by atoms with Crippen molar-refractivity contribution in [3.8, 4) is 11.5 Å². The normalized spacial score (nSPS) is 12.7. The van der Waals surface area contributed by atoms with Crippen LogP contribution >= 0.6 is 22.6 Å². The Morgan fingerprint density at radius 1 is 1.04 bits per heavy atom. The third-order valence-corrected chi connectivity index (χ3v) is 5.75. The third kappa shape index (κ3) is 4.15. The van der Waals surface area contributed by atoms with E-state index in [9.17, 15) is 8.42 Å². The first-order valence-corrected chi connectivity index (χ1v) is 9.44. The molecule has 1 atom stereocenters. The molecule has 5 nitrogen and oxygen atoms in total. The highest BCUT2D eigenvalue weighted by atomic mass is 127. The van der Waals surface area contributed by atoms with Crippen LogP contribution in [0, 0.1) is 3.57 Å². The van der Waals surface area contributed by atoms with E-state index >= 15 is 0 Å². The molecule has 0 bridgehead atoms. The summed E-state index contributed by atoms with van der Waals surface area (Å²) in [4.78, 5) is 0.199. The number of rotatable bonds is 6. The molecule has 2 aromatic rings. The maximum atomic E-state index is 12.6. The fourth-order valence-electron chi connectivity index (χ4n) is 2.20. The molecule has 0 fully saturated rings. The van der Waals surface area contributed by atoms with E-state index < -0.39 is 16.1 Å². The Bertz CT molecular complexity index is 792. The number of hydrogen-bond donors (Lipinski definition) is 1. The molecule has 1 N–H and O–H groups in total. The molecule has 0 aromatic heterocycles. The van der Waals surface area contributed by atoms with E-state index in [1.54, 1.807) is 39.3 Å². The van der Waals surface area contributed by atoms with Crippen molar-refractivity contribution >= 4 is 32.6 Å². The molecule has 0 radical (unpaired) electrons. The molecule has 0 aliphatic carbocycles. The summed E-state index contributed by atoms with van der Waals surface area (Å²) in [6.45, 7) is 1.78. The molecule has 0 spiro atoms. The van der Waals surface area contributed by atoms with Crippen LogP contribution in [0.25, 0.3) is 0 Å². The van der Waals surface area contributed by atoms with Gasteiger partial charge in [-0.25, -0.2) is 13.1 Å². The predicted molar refractivity (Wildman–Crippen MR) is 97.4 cm³/mol. The van der Waals surface area contributed by atoms with Crippen LogP contribution in [0.1, 0.15) is 18.5 Å². The lowest BCUT2D eigenvalue weighted by Crippen LogP contribution is -2.27. The predicted octanol–water partition coefficient (Wildman–Crippen LogP) is 3.35. The summed E-state index contributed by atoms with van der Waals surface area (Å²) in [6, 6.07) is 11.7. The van der Waals surface area contributed by atoms with E-state index in [1.807, 2.05) is 40.8 Å².